The molecule has 3 heterocycles. The van der Waals surface area contributed by atoms with Crippen LogP contribution in [0.15, 0.2) is 24.5 Å². The van der Waals surface area contributed by atoms with Crippen molar-refractivity contribution in [3.05, 3.63) is 35.7 Å². The molecule has 2 aliphatic heterocycles. The summed E-state index contributed by atoms with van der Waals surface area (Å²) in [5.41, 5.74) is 0.825. The molecular weight excluding hydrogens is 360 g/mol. The monoisotopic (exact) mass is 382 g/mol. The molecule has 146 valence electrons. The molecule has 0 spiro atoms. The molecule has 2 aromatic rings. The normalized spacial score (nSPS) is 19.2. The Kier molecular flexibility index (Phi) is 3.85. The Morgan fingerprint density at radius 3 is 2.61 bits per heavy atom. The number of nitrogens with one attached hydrogen (secondary N) is 1. The summed E-state index contributed by atoms with van der Waals surface area (Å²) in [5.74, 6) is 1.48. The number of aromatic nitrogens is 2. The van der Waals surface area contributed by atoms with Gasteiger partial charge in [-0.3, -0.25) is 4.79 Å². The Balaban J connectivity index is 1.69. The SMILES string of the molecule is Cc1ccc(Oc2cc(N3C(=O)NC(C)(C)C3=O)ncn2)c2c1OCC2(C)C. The molecule has 2 aliphatic rings. The molecule has 28 heavy (non-hydrogen) atoms. The molecule has 1 fully saturated rings. The largest absolute Gasteiger partial charge is 0.492 e. The van der Waals surface area contributed by atoms with Crippen molar-refractivity contribution >= 4 is 17.8 Å². The van der Waals surface area contributed by atoms with Gasteiger partial charge in [-0.15, -0.1) is 0 Å². The number of carbonyl (C=O) groups excluding carboxylic acids is 2. The maximum absolute atomic E-state index is 12.5. The number of nitrogens with zero attached hydrogens (tertiary/aromatic N) is 3. The van der Waals surface area contributed by atoms with Crippen LogP contribution < -0.4 is 19.7 Å². The van der Waals surface area contributed by atoms with Gasteiger partial charge >= 0.3 is 6.03 Å². The van der Waals surface area contributed by atoms with Crippen LogP contribution in [0.2, 0.25) is 0 Å². The highest BCUT2D eigenvalue weighted by Gasteiger charge is 2.46. The fourth-order valence-corrected chi connectivity index (χ4v) is 3.48. The van der Waals surface area contributed by atoms with E-state index in [0.29, 0.717) is 12.4 Å². The van der Waals surface area contributed by atoms with Gasteiger partial charge in [0.15, 0.2) is 5.82 Å². The van der Waals surface area contributed by atoms with Crippen molar-refractivity contribution in [3.8, 4) is 17.4 Å². The number of rotatable bonds is 3. The van der Waals surface area contributed by atoms with Crippen molar-refractivity contribution in [2.75, 3.05) is 11.5 Å². The van der Waals surface area contributed by atoms with Crippen LogP contribution in [0.1, 0.15) is 38.8 Å². The molecule has 1 aromatic heterocycles. The molecule has 8 nitrogen and oxygen atoms in total. The van der Waals surface area contributed by atoms with Crippen LogP contribution in [0.5, 0.6) is 17.4 Å². The number of anilines is 1. The number of benzene rings is 1. The van der Waals surface area contributed by atoms with Crippen LogP contribution in [0.25, 0.3) is 0 Å². The maximum Gasteiger partial charge on any atom is 0.330 e. The first kappa shape index (κ1) is 18.2. The standard InChI is InChI=1S/C20H22N4O4/c1-11-6-7-12(15-16(11)27-9-19(15,2)3)28-14-8-13(21-10-22-14)24-17(25)20(4,5)23-18(24)26/h6-8,10H,9H2,1-5H3,(H,23,26). The Hall–Kier alpha value is -3.16. The van der Waals surface area contributed by atoms with E-state index in [1.165, 1.54) is 12.4 Å². The molecule has 0 saturated carbocycles. The van der Waals surface area contributed by atoms with Gasteiger partial charge in [0.25, 0.3) is 5.91 Å². The Morgan fingerprint density at radius 2 is 1.93 bits per heavy atom. The molecule has 3 amide bonds. The van der Waals surface area contributed by atoms with E-state index >= 15 is 0 Å². The van der Waals surface area contributed by atoms with Crippen molar-refractivity contribution in [1.29, 1.82) is 0 Å². The number of urea groups is 1. The van der Waals surface area contributed by atoms with Gasteiger partial charge in [-0.25, -0.2) is 19.7 Å². The molecular formula is C20H22N4O4. The van der Waals surface area contributed by atoms with E-state index in [2.05, 4.69) is 29.1 Å². The number of hydrogen-bond acceptors (Lipinski definition) is 6. The van der Waals surface area contributed by atoms with E-state index < -0.39 is 11.6 Å². The average Bonchev–Trinajstić information content (AvgIpc) is 3.04. The predicted molar refractivity (Wildman–Crippen MR) is 102 cm³/mol. The summed E-state index contributed by atoms with van der Waals surface area (Å²) < 4.78 is 11.9. The molecule has 1 N–H and O–H groups in total. The van der Waals surface area contributed by atoms with Crippen LogP contribution in [0, 0.1) is 6.92 Å². The fourth-order valence-electron chi connectivity index (χ4n) is 3.48. The number of imide groups is 1. The number of fused-ring (bicyclic) bond motifs is 1. The summed E-state index contributed by atoms with van der Waals surface area (Å²) in [6.45, 7) is 10.0. The maximum atomic E-state index is 12.5. The van der Waals surface area contributed by atoms with Crippen molar-refractivity contribution < 1.29 is 19.1 Å². The number of carbonyl (C=O) groups is 2. The lowest BCUT2D eigenvalue weighted by Crippen LogP contribution is -2.40. The van der Waals surface area contributed by atoms with Crippen LogP contribution in [-0.4, -0.2) is 34.1 Å². The lowest BCUT2D eigenvalue weighted by atomic mass is 9.85. The van der Waals surface area contributed by atoms with E-state index in [4.69, 9.17) is 9.47 Å². The zero-order valence-electron chi connectivity index (χ0n) is 16.5. The van der Waals surface area contributed by atoms with Crippen molar-refractivity contribution in [2.24, 2.45) is 0 Å². The smallest absolute Gasteiger partial charge is 0.330 e. The molecule has 0 atom stereocenters. The molecule has 0 radical (unpaired) electrons. The van der Waals surface area contributed by atoms with Gasteiger partial charge in [-0.2, -0.15) is 0 Å². The summed E-state index contributed by atoms with van der Waals surface area (Å²) in [5, 5.41) is 2.63. The first-order valence-corrected chi connectivity index (χ1v) is 9.04. The minimum absolute atomic E-state index is 0.164. The van der Waals surface area contributed by atoms with E-state index in [-0.39, 0.29) is 23.0 Å². The minimum atomic E-state index is -0.984. The van der Waals surface area contributed by atoms with Crippen LogP contribution in [0.4, 0.5) is 10.6 Å². The zero-order valence-corrected chi connectivity index (χ0v) is 16.5. The van der Waals surface area contributed by atoms with Crippen LogP contribution in [0.3, 0.4) is 0 Å². The summed E-state index contributed by atoms with van der Waals surface area (Å²) in [6.07, 6.45) is 1.27. The quantitative estimate of drug-likeness (QED) is 0.820. The molecule has 8 heteroatoms. The fraction of sp³-hybridized carbons (Fsp3) is 0.400. The lowest BCUT2D eigenvalue weighted by Gasteiger charge is -2.19. The molecule has 1 saturated heterocycles. The second-order valence-corrected chi connectivity index (χ2v) is 8.27. The summed E-state index contributed by atoms with van der Waals surface area (Å²) in [4.78, 5) is 33.9. The third-order valence-electron chi connectivity index (χ3n) is 5.00. The Labute approximate surface area is 162 Å². The number of ether oxygens (including phenoxy) is 2. The molecule has 1 aromatic carbocycles. The molecule has 4 rings (SSSR count). The van der Waals surface area contributed by atoms with E-state index in [1.54, 1.807) is 13.8 Å². The average molecular weight is 382 g/mol. The molecule has 0 unspecified atom stereocenters. The van der Waals surface area contributed by atoms with Crippen LogP contribution in [-0.2, 0) is 10.2 Å². The summed E-state index contributed by atoms with van der Waals surface area (Å²) in [7, 11) is 0. The Morgan fingerprint density at radius 1 is 1.18 bits per heavy atom. The highest BCUT2D eigenvalue weighted by molar-refractivity contribution is 6.22. The van der Waals surface area contributed by atoms with Gasteiger partial charge < -0.3 is 14.8 Å². The van der Waals surface area contributed by atoms with Gasteiger partial charge in [0, 0.05) is 17.0 Å². The van der Waals surface area contributed by atoms with Crippen molar-refractivity contribution in [1.82, 2.24) is 15.3 Å². The zero-order chi connectivity index (χ0) is 20.3. The molecule has 0 aliphatic carbocycles. The summed E-state index contributed by atoms with van der Waals surface area (Å²) in [6, 6.07) is 4.76. The minimum Gasteiger partial charge on any atom is -0.492 e. The highest BCUT2D eigenvalue weighted by Crippen LogP contribution is 2.47. The third-order valence-corrected chi connectivity index (χ3v) is 5.00. The number of amides is 3. The van der Waals surface area contributed by atoms with Crippen molar-refractivity contribution in [2.45, 2.75) is 45.6 Å². The van der Waals surface area contributed by atoms with Crippen molar-refractivity contribution in [3.63, 3.8) is 0 Å². The van der Waals surface area contributed by atoms with Gasteiger partial charge in [-0.1, -0.05) is 19.9 Å². The van der Waals surface area contributed by atoms with Crippen LogP contribution >= 0.6 is 0 Å². The number of aryl methyl sites for hydroxylation is 1. The topological polar surface area (TPSA) is 93.7 Å². The number of hydrogen-bond donors (Lipinski definition) is 1. The van der Waals surface area contributed by atoms with E-state index in [0.717, 1.165) is 21.8 Å². The first-order valence-electron chi connectivity index (χ1n) is 9.04. The lowest BCUT2D eigenvalue weighted by molar-refractivity contribution is -0.121. The van der Waals surface area contributed by atoms with Gasteiger partial charge in [0.1, 0.15) is 23.4 Å². The molecule has 0 bridgehead atoms. The summed E-state index contributed by atoms with van der Waals surface area (Å²) >= 11 is 0. The highest BCUT2D eigenvalue weighted by atomic mass is 16.5. The second-order valence-electron chi connectivity index (χ2n) is 8.27. The first-order chi connectivity index (χ1) is 13.1. The Bertz CT molecular complexity index is 1000. The third kappa shape index (κ3) is 2.76. The second kappa shape index (κ2) is 5.92. The van der Waals surface area contributed by atoms with E-state index in [9.17, 15) is 9.59 Å². The predicted octanol–water partition coefficient (Wildman–Crippen LogP) is 3.08. The van der Waals surface area contributed by atoms with Gasteiger partial charge in [-0.05, 0) is 32.4 Å². The van der Waals surface area contributed by atoms with Gasteiger partial charge in [0.2, 0.25) is 5.88 Å². The van der Waals surface area contributed by atoms with Gasteiger partial charge in [0.05, 0.1) is 6.61 Å². The van der Waals surface area contributed by atoms with E-state index in [1.807, 2.05) is 19.1 Å².